The van der Waals surface area contributed by atoms with Crippen LogP contribution in [-0.2, 0) is 6.18 Å². The molecular formula is C19H16ClF4N3O2S. The van der Waals surface area contributed by atoms with E-state index in [0.717, 1.165) is 31.0 Å². The van der Waals surface area contributed by atoms with Crippen molar-refractivity contribution in [2.24, 2.45) is 0 Å². The second-order valence-electron chi connectivity index (χ2n) is 6.51. The number of benzene rings is 1. The third-order valence-electron chi connectivity index (χ3n) is 4.60. The van der Waals surface area contributed by atoms with E-state index in [4.69, 9.17) is 22.0 Å². The molecule has 1 atom stereocenters. The number of hydrogen-bond acceptors (Lipinski definition) is 4. The first-order valence-electron chi connectivity index (χ1n) is 8.78. The molecule has 5 nitrogen and oxygen atoms in total. The van der Waals surface area contributed by atoms with Crippen LogP contribution in [0.25, 0.3) is 0 Å². The molecule has 2 heterocycles. The summed E-state index contributed by atoms with van der Waals surface area (Å²) >= 11 is 6.64. The maximum Gasteiger partial charge on any atom is 0.433 e. The van der Waals surface area contributed by atoms with E-state index >= 15 is 0 Å². The molecule has 1 amide bonds. The first-order valence-corrected chi connectivity index (χ1v) is 10.0. The van der Waals surface area contributed by atoms with E-state index in [0.29, 0.717) is 23.6 Å². The highest BCUT2D eigenvalue weighted by Crippen LogP contribution is 2.32. The Balaban J connectivity index is 1.70. The van der Waals surface area contributed by atoms with Gasteiger partial charge < -0.3 is 9.64 Å². The van der Waals surface area contributed by atoms with E-state index < -0.39 is 23.6 Å². The highest BCUT2D eigenvalue weighted by molar-refractivity contribution is 7.86. The Kier molecular flexibility index (Phi) is 6.70. The molecule has 1 N–H and O–H groups in total. The molecule has 0 unspecified atom stereocenters. The molecule has 0 radical (unpaired) electrons. The van der Waals surface area contributed by atoms with Crippen LogP contribution in [-0.4, -0.2) is 30.1 Å². The van der Waals surface area contributed by atoms with Gasteiger partial charge in [-0.25, -0.2) is 9.37 Å². The summed E-state index contributed by atoms with van der Waals surface area (Å²) in [6, 6.07) is 4.30. The van der Waals surface area contributed by atoms with Crippen LogP contribution in [0.5, 0.6) is 5.75 Å². The number of amides is 1. The molecule has 0 aliphatic carbocycles. The summed E-state index contributed by atoms with van der Waals surface area (Å²) in [7, 11) is 0. The monoisotopic (exact) mass is 461 g/mol. The molecule has 2 aromatic rings. The number of carbonyl (C=O) groups is 1. The van der Waals surface area contributed by atoms with Crippen LogP contribution in [0.2, 0.25) is 5.02 Å². The van der Waals surface area contributed by atoms with E-state index in [9.17, 15) is 22.4 Å². The zero-order chi connectivity index (χ0) is 21.9. The molecule has 0 saturated carbocycles. The zero-order valence-corrected chi connectivity index (χ0v) is 17.0. The number of pyridine rings is 1. The van der Waals surface area contributed by atoms with Crippen molar-refractivity contribution < 1.29 is 27.1 Å². The highest BCUT2D eigenvalue weighted by atomic mass is 35.5. The third-order valence-corrected chi connectivity index (χ3v) is 5.19. The first kappa shape index (κ1) is 22.1. The average Bonchev–Trinajstić information content (AvgIpc) is 3.16. The SMILES string of the molecule is C#SNC(=O)c1cc(Cl)c(OC[C@H]2CCCN2c2ccc(C(F)(F)F)nc2)cc1F. The fraction of sp³-hybridized carbons (Fsp3) is 0.316. The largest absolute Gasteiger partial charge is 0.490 e. The van der Waals surface area contributed by atoms with Gasteiger partial charge in [-0.3, -0.25) is 9.52 Å². The summed E-state index contributed by atoms with van der Waals surface area (Å²) in [5, 5.41) is 0.0457. The quantitative estimate of drug-likeness (QED) is 0.508. The molecule has 30 heavy (non-hydrogen) atoms. The number of carbonyl (C=O) groups excluding carboxylic acids is 1. The van der Waals surface area contributed by atoms with Crippen molar-refractivity contribution >= 4 is 34.6 Å². The summed E-state index contributed by atoms with van der Waals surface area (Å²) in [5.41, 5.74) is 4.44. The number of anilines is 1. The summed E-state index contributed by atoms with van der Waals surface area (Å²) in [6.45, 7) is 0.753. The van der Waals surface area contributed by atoms with Gasteiger partial charge in [0.25, 0.3) is 5.91 Å². The average molecular weight is 462 g/mol. The minimum absolute atomic E-state index is 0.0457. The van der Waals surface area contributed by atoms with Crippen molar-refractivity contribution in [1.29, 1.82) is 0 Å². The Morgan fingerprint density at radius 2 is 2.17 bits per heavy atom. The number of nitrogens with one attached hydrogen (secondary N) is 1. The smallest absolute Gasteiger partial charge is 0.433 e. The molecule has 1 aromatic carbocycles. The maximum atomic E-state index is 14.2. The standard InChI is InChI=1S/C19H16ClF4N3O2S/c1-30-26-18(28)13-7-14(20)16(8-15(13)21)29-10-12-3-2-6-27(12)11-4-5-17(25-9-11)19(22,23)24/h1,4-5,7-9,12H,2-3,6,10H2,(H,26,28)/t12-/m1/s1. The fourth-order valence-electron chi connectivity index (χ4n) is 3.18. The van der Waals surface area contributed by atoms with Crippen LogP contribution in [0, 0.1) is 11.5 Å². The second-order valence-corrected chi connectivity index (χ2v) is 7.36. The summed E-state index contributed by atoms with van der Waals surface area (Å²) in [5.74, 6) is -1.50. The lowest BCUT2D eigenvalue weighted by Gasteiger charge is -2.27. The lowest BCUT2D eigenvalue weighted by molar-refractivity contribution is -0.141. The maximum absolute atomic E-state index is 14.2. The molecule has 0 spiro atoms. The molecule has 1 aromatic heterocycles. The van der Waals surface area contributed by atoms with E-state index in [1.807, 2.05) is 4.90 Å². The van der Waals surface area contributed by atoms with Gasteiger partial charge in [-0.1, -0.05) is 17.3 Å². The van der Waals surface area contributed by atoms with Crippen molar-refractivity contribution in [1.82, 2.24) is 9.71 Å². The van der Waals surface area contributed by atoms with Gasteiger partial charge in [-0.15, -0.1) is 0 Å². The van der Waals surface area contributed by atoms with Gasteiger partial charge in [0.1, 0.15) is 23.9 Å². The van der Waals surface area contributed by atoms with Crippen molar-refractivity contribution in [2.45, 2.75) is 25.1 Å². The fourth-order valence-corrected chi connectivity index (χ4v) is 3.62. The normalized spacial score (nSPS) is 16.4. The van der Waals surface area contributed by atoms with Gasteiger partial charge in [0.05, 0.1) is 28.5 Å². The van der Waals surface area contributed by atoms with Crippen molar-refractivity contribution in [3.05, 3.63) is 52.6 Å². The van der Waals surface area contributed by atoms with E-state index in [2.05, 4.69) is 9.71 Å². The number of halogens is 5. The molecule has 1 saturated heterocycles. The predicted molar refractivity (Wildman–Crippen MR) is 107 cm³/mol. The minimum Gasteiger partial charge on any atom is -0.490 e. The number of aromatic nitrogens is 1. The van der Waals surface area contributed by atoms with E-state index in [-0.39, 0.29) is 29.0 Å². The molecule has 3 rings (SSSR count). The van der Waals surface area contributed by atoms with E-state index in [1.54, 1.807) is 0 Å². The number of ether oxygens (including phenoxy) is 1. The summed E-state index contributed by atoms with van der Waals surface area (Å²) in [6.07, 6.45) is -1.78. The van der Waals surface area contributed by atoms with Crippen LogP contribution < -0.4 is 14.4 Å². The van der Waals surface area contributed by atoms with Crippen molar-refractivity contribution in [3.63, 3.8) is 0 Å². The molecule has 1 aliphatic rings. The summed E-state index contributed by atoms with van der Waals surface area (Å²) < 4.78 is 60.2. The van der Waals surface area contributed by atoms with Crippen molar-refractivity contribution in [3.8, 4) is 11.4 Å². The van der Waals surface area contributed by atoms with Gasteiger partial charge in [-0.2, -0.15) is 13.2 Å². The molecular weight excluding hydrogens is 446 g/mol. The third kappa shape index (κ3) is 4.95. The Morgan fingerprint density at radius 1 is 1.40 bits per heavy atom. The Bertz CT molecular complexity index is 979. The number of rotatable bonds is 5. The Labute approximate surface area is 178 Å². The molecule has 1 aliphatic heterocycles. The second kappa shape index (κ2) is 9.07. The van der Waals surface area contributed by atoms with Gasteiger partial charge >= 0.3 is 6.18 Å². The van der Waals surface area contributed by atoms with Crippen LogP contribution in [0.15, 0.2) is 30.5 Å². The predicted octanol–water partition coefficient (Wildman–Crippen LogP) is 4.91. The molecule has 0 bridgehead atoms. The number of nitrogens with zero attached hydrogens (tertiary/aromatic N) is 2. The summed E-state index contributed by atoms with van der Waals surface area (Å²) in [4.78, 5) is 17.1. The van der Waals surface area contributed by atoms with Gasteiger partial charge in [-0.05, 0) is 42.4 Å². The number of alkyl halides is 3. The van der Waals surface area contributed by atoms with Crippen LogP contribution >= 0.6 is 23.0 Å². The Hall–Kier alpha value is -2.55. The Morgan fingerprint density at radius 3 is 2.80 bits per heavy atom. The van der Waals surface area contributed by atoms with Gasteiger partial charge in [0, 0.05) is 12.6 Å². The first-order chi connectivity index (χ1) is 14.2. The zero-order valence-electron chi connectivity index (χ0n) is 15.4. The lowest BCUT2D eigenvalue weighted by Crippen LogP contribution is -2.34. The topological polar surface area (TPSA) is 54.5 Å². The highest BCUT2D eigenvalue weighted by Gasteiger charge is 2.33. The molecule has 1 fully saturated rings. The van der Waals surface area contributed by atoms with Crippen molar-refractivity contribution in [2.75, 3.05) is 18.1 Å². The lowest BCUT2D eigenvalue weighted by atomic mass is 10.2. The van der Waals surface area contributed by atoms with Crippen LogP contribution in [0.4, 0.5) is 23.2 Å². The number of hydrogen-bond donors (Lipinski definition) is 1. The van der Waals surface area contributed by atoms with E-state index in [1.165, 1.54) is 12.3 Å². The minimum atomic E-state index is -4.50. The van der Waals surface area contributed by atoms with Gasteiger partial charge in [0.15, 0.2) is 0 Å². The molecule has 11 heteroatoms. The van der Waals surface area contributed by atoms with Crippen LogP contribution in [0.3, 0.4) is 0 Å². The van der Waals surface area contributed by atoms with Gasteiger partial charge in [0.2, 0.25) is 0 Å². The van der Waals surface area contributed by atoms with Crippen LogP contribution in [0.1, 0.15) is 28.9 Å². The molecule has 160 valence electrons.